The zero-order valence-corrected chi connectivity index (χ0v) is 14.3. The van der Waals surface area contributed by atoms with E-state index >= 15 is 0 Å². The van der Waals surface area contributed by atoms with Crippen LogP contribution in [0.3, 0.4) is 0 Å². The highest BCUT2D eigenvalue weighted by Crippen LogP contribution is 2.37. The second kappa shape index (κ2) is 7.38. The Morgan fingerprint density at radius 2 is 2.20 bits per heavy atom. The molecule has 130 valence electrons. The van der Waals surface area contributed by atoms with Crippen LogP contribution in [0.4, 0.5) is 0 Å². The molecule has 0 radical (unpaired) electrons. The van der Waals surface area contributed by atoms with Crippen molar-refractivity contribution in [2.45, 2.75) is 26.3 Å². The number of carbonyl (C=O) groups excluding carboxylic acids is 2. The number of amides is 2. The van der Waals surface area contributed by atoms with Gasteiger partial charge in [0.25, 0.3) is 5.91 Å². The first-order valence-electron chi connectivity index (χ1n) is 8.37. The number of hydrogen-bond acceptors (Lipinski definition) is 5. The zero-order valence-electron chi connectivity index (χ0n) is 14.3. The Balaban J connectivity index is 1.74. The van der Waals surface area contributed by atoms with Crippen LogP contribution < -0.4 is 5.32 Å². The standard InChI is InChI=1S/C18H21N5O2/c1-3-23-15(24)9-14(16(23)13-5-4-7-19-10-13)11-21-18(25)17-20-8-6-12(2)22-17/h4-8,10,14,16H,3,9,11H2,1-2H3,(H,21,25)/t14-,16-/m0/s1. The minimum absolute atomic E-state index is 0.00888. The second-order valence-corrected chi connectivity index (χ2v) is 6.11. The monoisotopic (exact) mass is 339 g/mol. The molecule has 2 aromatic rings. The second-order valence-electron chi connectivity index (χ2n) is 6.11. The molecule has 1 N–H and O–H groups in total. The summed E-state index contributed by atoms with van der Waals surface area (Å²) in [5.41, 5.74) is 1.72. The van der Waals surface area contributed by atoms with Gasteiger partial charge >= 0.3 is 0 Å². The Hall–Kier alpha value is -2.83. The summed E-state index contributed by atoms with van der Waals surface area (Å²) in [4.78, 5) is 38.7. The lowest BCUT2D eigenvalue weighted by atomic mass is 9.94. The number of nitrogens with one attached hydrogen (secondary N) is 1. The Morgan fingerprint density at radius 3 is 2.88 bits per heavy atom. The van der Waals surface area contributed by atoms with Crippen molar-refractivity contribution in [3.63, 3.8) is 0 Å². The molecule has 1 aliphatic heterocycles. The van der Waals surface area contributed by atoms with E-state index in [0.29, 0.717) is 19.5 Å². The summed E-state index contributed by atoms with van der Waals surface area (Å²) < 4.78 is 0. The van der Waals surface area contributed by atoms with Gasteiger partial charge in [-0.25, -0.2) is 9.97 Å². The highest BCUT2D eigenvalue weighted by Gasteiger charge is 2.39. The molecule has 0 aromatic carbocycles. The predicted octanol–water partition coefficient (Wildman–Crippen LogP) is 1.52. The molecule has 2 atom stereocenters. The Kier molecular flexibility index (Phi) is 5.02. The van der Waals surface area contributed by atoms with E-state index in [1.807, 2.05) is 30.9 Å². The fourth-order valence-corrected chi connectivity index (χ4v) is 3.28. The molecule has 0 bridgehead atoms. The number of carbonyl (C=O) groups is 2. The van der Waals surface area contributed by atoms with Crippen LogP contribution in [0, 0.1) is 12.8 Å². The number of nitrogens with zero attached hydrogens (tertiary/aromatic N) is 4. The van der Waals surface area contributed by atoms with Crippen LogP contribution in [-0.4, -0.2) is 44.8 Å². The molecule has 0 spiro atoms. The smallest absolute Gasteiger partial charge is 0.289 e. The topological polar surface area (TPSA) is 88.1 Å². The van der Waals surface area contributed by atoms with E-state index in [0.717, 1.165) is 11.3 Å². The van der Waals surface area contributed by atoms with Gasteiger partial charge in [0.15, 0.2) is 0 Å². The van der Waals surface area contributed by atoms with Crippen molar-refractivity contribution in [1.29, 1.82) is 0 Å². The first kappa shape index (κ1) is 17.0. The number of pyridine rings is 1. The molecule has 0 unspecified atom stereocenters. The van der Waals surface area contributed by atoms with E-state index in [-0.39, 0.29) is 29.6 Å². The van der Waals surface area contributed by atoms with Gasteiger partial charge in [-0.2, -0.15) is 0 Å². The van der Waals surface area contributed by atoms with Crippen molar-refractivity contribution >= 4 is 11.8 Å². The molecule has 2 aromatic heterocycles. The van der Waals surface area contributed by atoms with Gasteiger partial charge in [-0.1, -0.05) is 6.07 Å². The molecule has 3 rings (SSSR count). The van der Waals surface area contributed by atoms with Crippen molar-refractivity contribution in [2.24, 2.45) is 5.92 Å². The average Bonchev–Trinajstić information content (AvgIpc) is 2.95. The normalized spacial score (nSPS) is 19.9. The number of aryl methyl sites for hydroxylation is 1. The van der Waals surface area contributed by atoms with Crippen molar-refractivity contribution in [1.82, 2.24) is 25.2 Å². The lowest BCUT2D eigenvalue weighted by molar-refractivity contribution is -0.128. The molecule has 7 nitrogen and oxygen atoms in total. The Morgan fingerprint density at radius 1 is 1.36 bits per heavy atom. The molecule has 0 aliphatic carbocycles. The van der Waals surface area contributed by atoms with Gasteiger partial charge < -0.3 is 10.2 Å². The predicted molar refractivity (Wildman–Crippen MR) is 91.6 cm³/mol. The third kappa shape index (κ3) is 3.65. The summed E-state index contributed by atoms with van der Waals surface area (Å²) in [6.45, 7) is 4.79. The molecule has 2 amide bonds. The van der Waals surface area contributed by atoms with Gasteiger partial charge in [0.2, 0.25) is 11.7 Å². The lowest BCUT2D eigenvalue weighted by Gasteiger charge is -2.27. The number of hydrogen-bond donors (Lipinski definition) is 1. The van der Waals surface area contributed by atoms with E-state index in [4.69, 9.17) is 0 Å². The molecular weight excluding hydrogens is 318 g/mol. The maximum absolute atomic E-state index is 12.3. The summed E-state index contributed by atoms with van der Waals surface area (Å²) in [6.07, 6.45) is 5.46. The van der Waals surface area contributed by atoms with E-state index in [1.165, 1.54) is 0 Å². The van der Waals surface area contributed by atoms with Crippen LogP contribution in [0.5, 0.6) is 0 Å². The number of aromatic nitrogens is 3. The fourth-order valence-electron chi connectivity index (χ4n) is 3.28. The summed E-state index contributed by atoms with van der Waals surface area (Å²) >= 11 is 0. The summed E-state index contributed by atoms with van der Waals surface area (Å²) in [5, 5.41) is 2.87. The third-order valence-corrected chi connectivity index (χ3v) is 4.43. The lowest BCUT2D eigenvalue weighted by Crippen LogP contribution is -2.34. The molecule has 7 heteroatoms. The summed E-state index contributed by atoms with van der Waals surface area (Å²) in [5.74, 6) is -0.0848. The van der Waals surface area contributed by atoms with E-state index < -0.39 is 0 Å². The van der Waals surface area contributed by atoms with Crippen molar-refractivity contribution in [3.8, 4) is 0 Å². The Labute approximate surface area is 146 Å². The summed E-state index contributed by atoms with van der Waals surface area (Å²) in [7, 11) is 0. The first-order valence-corrected chi connectivity index (χ1v) is 8.37. The van der Waals surface area contributed by atoms with Gasteiger partial charge in [-0.3, -0.25) is 14.6 Å². The summed E-state index contributed by atoms with van der Waals surface area (Å²) in [6, 6.07) is 5.49. The van der Waals surface area contributed by atoms with E-state index in [1.54, 1.807) is 24.7 Å². The van der Waals surface area contributed by atoms with Crippen LogP contribution in [0.2, 0.25) is 0 Å². The van der Waals surface area contributed by atoms with Crippen LogP contribution in [0.15, 0.2) is 36.8 Å². The third-order valence-electron chi connectivity index (χ3n) is 4.43. The van der Waals surface area contributed by atoms with Crippen molar-refractivity contribution in [3.05, 3.63) is 53.9 Å². The molecule has 1 aliphatic rings. The van der Waals surface area contributed by atoms with Crippen LogP contribution in [0.25, 0.3) is 0 Å². The molecule has 1 saturated heterocycles. The SMILES string of the molecule is CCN1C(=O)C[C@@H](CNC(=O)c2nccc(C)n2)[C@@H]1c1cccnc1. The number of likely N-dealkylation sites (tertiary alicyclic amines) is 1. The quantitative estimate of drug-likeness (QED) is 0.892. The molecule has 3 heterocycles. The van der Waals surface area contributed by atoms with Gasteiger partial charge in [-0.15, -0.1) is 0 Å². The van der Waals surface area contributed by atoms with Gasteiger partial charge in [0.1, 0.15) is 0 Å². The van der Waals surface area contributed by atoms with Crippen molar-refractivity contribution in [2.75, 3.05) is 13.1 Å². The van der Waals surface area contributed by atoms with Gasteiger partial charge in [-0.05, 0) is 31.5 Å². The Bertz CT molecular complexity index is 765. The largest absolute Gasteiger partial charge is 0.349 e. The molecule has 0 saturated carbocycles. The zero-order chi connectivity index (χ0) is 17.8. The first-order chi connectivity index (χ1) is 12.1. The maximum Gasteiger partial charge on any atom is 0.289 e. The number of rotatable bonds is 5. The maximum atomic E-state index is 12.3. The molecule has 25 heavy (non-hydrogen) atoms. The van der Waals surface area contributed by atoms with Crippen LogP contribution >= 0.6 is 0 Å². The van der Waals surface area contributed by atoms with Crippen LogP contribution in [0.1, 0.15) is 41.3 Å². The highest BCUT2D eigenvalue weighted by molar-refractivity contribution is 5.90. The van der Waals surface area contributed by atoms with E-state index in [2.05, 4.69) is 20.3 Å². The van der Waals surface area contributed by atoms with E-state index in [9.17, 15) is 9.59 Å². The highest BCUT2D eigenvalue weighted by atomic mass is 16.2. The van der Waals surface area contributed by atoms with Gasteiger partial charge in [0, 0.05) is 49.7 Å². The molecule has 1 fully saturated rings. The molecular formula is C18H21N5O2. The van der Waals surface area contributed by atoms with Gasteiger partial charge in [0.05, 0.1) is 6.04 Å². The fraction of sp³-hybridized carbons (Fsp3) is 0.389. The minimum Gasteiger partial charge on any atom is -0.349 e. The average molecular weight is 339 g/mol. The van der Waals surface area contributed by atoms with Crippen LogP contribution in [-0.2, 0) is 4.79 Å². The van der Waals surface area contributed by atoms with Crippen molar-refractivity contribution < 1.29 is 9.59 Å². The minimum atomic E-state index is -0.323.